The Bertz CT molecular complexity index is 758. The van der Waals surface area contributed by atoms with Crippen LogP contribution in [-0.4, -0.2) is 25.2 Å². The molecule has 0 fully saturated rings. The summed E-state index contributed by atoms with van der Waals surface area (Å²) in [6, 6.07) is 12.3. The van der Waals surface area contributed by atoms with Crippen molar-refractivity contribution in [3.8, 4) is 10.4 Å². The lowest BCUT2D eigenvalue weighted by Crippen LogP contribution is -2.17. The third kappa shape index (κ3) is 6.40. The highest BCUT2D eigenvalue weighted by Gasteiger charge is 2.15. The Labute approximate surface area is 155 Å². The number of rotatable bonds is 10. The summed E-state index contributed by atoms with van der Waals surface area (Å²) >= 11 is 1.71. The number of unbranched alkanes of at least 4 members (excludes halogenated alkanes) is 2. The monoisotopic (exact) mass is 378 g/mol. The lowest BCUT2D eigenvalue weighted by Gasteiger charge is -2.07. The highest BCUT2D eigenvalue weighted by atomic mass is 32.2. The zero-order valence-corrected chi connectivity index (χ0v) is 16.5. The van der Waals surface area contributed by atoms with E-state index in [-0.39, 0.29) is 16.8 Å². The predicted octanol–water partition coefficient (Wildman–Crippen LogP) is 4.91. The molecule has 0 unspecified atom stereocenters. The quantitative estimate of drug-likeness (QED) is 0.552. The Morgan fingerprint density at radius 3 is 2.36 bits per heavy atom. The molecule has 0 saturated carbocycles. The maximum Gasteiger partial charge on any atom is 0.152 e. The molecule has 25 heavy (non-hydrogen) atoms. The summed E-state index contributed by atoms with van der Waals surface area (Å²) in [5, 5.41) is 1.74. The first-order valence-corrected chi connectivity index (χ1v) is 11.3. The van der Waals surface area contributed by atoms with Crippen molar-refractivity contribution in [3.05, 3.63) is 47.3 Å². The van der Waals surface area contributed by atoms with Gasteiger partial charge in [0.15, 0.2) is 9.84 Å². The van der Waals surface area contributed by atoms with E-state index in [0.717, 1.165) is 18.4 Å². The summed E-state index contributed by atoms with van der Waals surface area (Å²) < 4.78 is 23.4. The second-order valence-electron chi connectivity index (χ2n) is 6.62. The first kappa shape index (κ1) is 19.9. The van der Waals surface area contributed by atoms with Crippen molar-refractivity contribution in [2.75, 3.05) is 5.75 Å². The third-order valence-corrected chi connectivity index (χ3v) is 7.48. The van der Waals surface area contributed by atoms with Crippen LogP contribution >= 0.6 is 11.3 Å². The van der Waals surface area contributed by atoms with E-state index in [0.29, 0.717) is 19.3 Å². The van der Waals surface area contributed by atoms with Gasteiger partial charge in [0.2, 0.25) is 0 Å². The van der Waals surface area contributed by atoms with Crippen LogP contribution in [0, 0.1) is 0 Å². The fourth-order valence-electron chi connectivity index (χ4n) is 2.58. The minimum absolute atomic E-state index is 0.218. The Hall–Kier alpha value is -1.46. The molecule has 0 aliphatic heterocycles. The number of Topliss-reactive ketones (excluding diaryl/α,β-unsaturated/α-hetero) is 1. The van der Waals surface area contributed by atoms with Crippen molar-refractivity contribution < 1.29 is 13.2 Å². The third-order valence-electron chi connectivity index (χ3n) is 4.26. The van der Waals surface area contributed by atoms with Crippen molar-refractivity contribution >= 4 is 27.0 Å². The number of hydrogen-bond acceptors (Lipinski definition) is 4. The van der Waals surface area contributed by atoms with Gasteiger partial charge in [-0.1, -0.05) is 36.8 Å². The molecule has 1 aromatic carbocycles. The number of carbonyl (C=O) groups is 1. The molecule has 0 atom stereocenters. The van der Waals surface area contributed by atoms with Crippen LogP contribution in [0.2, 0.25) is 0 Å². The van der Waals surface area contributed by atoms with E-state index in [9.17, 15) is 13.2 Å². The lowest BCUT2D eigenvalue weighted by atomic mass is 10.0. The normalized spacial score (nSPS) is 11.8. The molecular weight excluding hydrogens is 352 g/mol. The molecular formula is C20H26O3S2. The van der Waals surface area contributed by atoms with Gasteiger partial charge in [0, 0.05) is 17.7 Å². The van der Waals surface area contributed by atoms with Crippen LogP contribution in [0.15, 0.2) is 41.8 Å². The van der Waals surface area contributed by atoms with Crippen LogP contribution in [-0.2, 0) is 21.1 Å². The zero-order chi connectivity index (χ0) is 18.3. The van der Waals surface area contributed by atoms with E-state index in [1.54, 1.807) is 25.2 Å². The summed E-state index contributed by atoms with van der Waals surface area (Å²) in [4.78, 5) is 13.3. The van der Waals surface area contributed by atoms with Crippen molar-refractivity contribution in [1.82, 2.24) is 0 Å². The average Bonchev–Trinajstić information content (AvgIpc) is 3.09. The van der Waals surface area contributed by atoms with Crippen molar-refractivity contribution in [2.45, 2.75) is 51.2 Å². The van der Waals surface area contributed by atoms with Crippen LogP contribution in [0.3, 0.4) is 0 Å². The van der Waals surface area contributed by atoms with Gasteiger partial charge in [-0.05, 0) is 49.3 Å². The van der Waals surface area contributed by atoms with Crippen LogP contribution in [0.4, 0.5) is 0 Å². The van der Waals surface area contributed by atoms with Crippen molar-refractivity contribution in [3.63, 3.8) is 0 Å². The molecule has 2 aromatic rings. The molecule has 0 radical (unpaired) electrons. The van der Waals surface area contributed by atoms with Gasteiger partial charge in [0.1, 0.15) is 5.78 Å². The van der Waals surface area contributed by atoms with E-state index < -0.39 is 9.84 Å². The van der Waals surface area contributed by atoms with E-state index in [4.69, 9.17) is 0 Å². The van der Waals surface area contributed by atoms with Gasteiger partial charge in [-0.15, -0.1) is 11.3 Å². The summed E-state index contributed by atoms with van der Waals surface area (Å²) in [6.45, 7) is 3.42. The SMILES string of the molecule is CC(C)S(=O)(=O)CCCCCC(=O)Cc1ccc(-c2cccs2)cc1. The Morgan fingerprint density at radius 1 is 1.04 bits per heavy atom. The second kappa shape index (κ2) is 9.30. The number of benzene rings is 1. The van der Waals surface area contributed by atoms with E-state index >= 15 is 0 Å². The van der Waals surface area contributed by atoms with Crippen molar-refractivity contribution in [2.24, 2.45) is 0 Å². The molecule has 1 heterocycles. The molecule has 5 heteroatoms. The summed E-state index contributed by atoms with van der Waals surface area (Å²) in [5.74, 6) is 0.443. The maximum atomic E-state index is 12.1. The number of carbonyl (C=O) groups excluding carboxylic acids is 1. The number of thiophene rings is 1. The molecule has 0 aliphatic rings. The van der Waals surface area contributed by atoms with Crippen LogP contribution in [0.1, 0.15) is 45.1 Å². The van der Waals surface area contributed by atoms with Gasteiger partial charge in [-0.3, -0.25) is 4.79 Å². The first-order valence-electron chi connectivity index (χ1n) is 8.74. The summed E-state index contributed by atoms with van der Waals surface area (Å²) in [7, 11) is -2.95. The Kier molecular flexibility index (Phi) is 7.38. The highest BCUT2D eigenvalue weighted by Crippen LogP contribution is 2.24. The van der Waals surface area contributed by atoms with Gasteiger partial charge in [0.25, 0.3) is 0 Å². The number of hydrogen-bond donors (Lipinski definition) is 0. The standard InChI is InChI=1S/C20H26O3S2/c1-16(2)25(22,23)14-5-3-4-7-19(21)15-17-9-11-18(12-10-17)20-8-6-13-24-20/h6,8-13,16H,3-5,7,14-15H2,1-2H3. The minimum atomic E-state index is -2.95. The highest BCUT2D eigenvalue weighted by molar-refractivity contribution is 7.91. The molecule has 136 valence electrons. The van der Waals surface area contributed by atoms with Gasteiger partial charge in [-0.2, -0.15) is 0 Å². The molecule has 0 N–H and O–H groups in total. The Morgan fingerprint density at radius 2 is 1.76 bits per heavy atom. The summed E-state index contributed by atoms with van der Waals surface area (Å²) in [5.41, 5.74) is 2.21. The van der Waals surface area contributed by atoms with Crippen LogP contribution in [0.25, 0.3) is 10.4 Å². The van der Waals surface area contributed by atoms with E-state index in [1.807, 2.05) is 18.2 Å². The molecule has 0 spiro atoms. The summed E-state index contributed by atoms with van der Waals surface area (Å²) in [6.07, 6.45) is 3.17. The van der Waals surface area contributed by atoms with Crippen LogP contribution < -0.4 is 0 Å². The zero-order valence-electron chi connectivity index (χ0n) is 14.9. The molecule has 2 rings (SSSR count). The molecule has 0 bridgehead atoms. The number of sulfone groups is 1. The van der Waals surface area contributed by atoms with Gasteiger partial charge < -0.3 is 0 Å². The van der Waals surface area contributed by atoms with E-state index in [1.165, 1.54) is 10.4 Å². The van der Waals surface area contributed by atoms with Crippen LogP contribution in [0.5, 0.6) is 0 Å². The molecule has 3 nitrogen and oxygen atoms in total. The molecule has 1 aromatic heterocycles. The maximum absolute atomic E-state index is 12.1. The van der Waals surface area contributed by atoms with Gasteiger partial charge in [-0.25, -0.2) is 8.42 Å². The largest absolute Gasteiger partial charge is 0.299 e. The van der Waals surface area contributed by atoms with Crippen molar-refractivity contribution in [1.29, 1.82) is 0 Å². The van der Waals surface area contributed by atoms with E-state index in [2.05, 4.69) is 23.6 Å². The fourth-order valence-corrected chi connectivity index (χ4v) is 4.39. The topological polar surface area (TPSA) is 51.2 Å². The van der Waals surface area contributed by atoms with Gasteiger partial charge in [0.05, 0.1) is 11.0 Å². The minimum Gasteiger partial charge on any atom is -0.299 e. The number of ketones is 1. The first-order chi connectivity index (χ1) is 11.9. The molecule has 0 saturated heterocycles. The predicted molar refractivity (Wildman–Crippen MR) is 106 cm³/mol. The molecule has 0 aliphatic carbocycles. The lowest BCUT2D eigenvalue weighted by molar-refractivity contribution is -0.118. The molecule has 0 amide bonds. The smallest absolute Gasteiger partial charge is 0.152 e. The Balaban J connectivity index is 1.70. The fraction of sp³-hybridized carbons (Fsp3) is 0.450. The van der Waals surface area contributed by atoms with Gasteiger partial charge >= 0.3 is 0 Å². The average molecular weight is 379 g/mol. The second-order valence-corrected chi connectivity index (χ2v) is 10.2.